The maximum atomic E-state index is 12.4. The van der Waals surface area contributed by atoms with Gasteiger partial charge in [0.05, 0.1) is 11.0 Å². The largest absolute Gasteiger partial charge is 0.342 e. The summed E-state index contributed by atoms with van der Waals surface area (Å²) in [6, 6.07) is 11.7. The van der Waals surface area contributed by atoms with E-state index in [1.54, 1.807) is 12.3 Å². The third kappa shape index (κ3) is 3.51. The number of hydrogen-bond donors (Lipinski definition) is 2. The molecule has 0 aliphatic carbocycles. The van der Waals surface area contributed by atoms with Gasteiger partial charge in [0, 0.05) is 29.7 Å². The number of anilines is 2. The number of nitrogens with one attached hydrogen (secondary N) is 2. The molecule has 1 aliphatic rings. The number of aromatic nitrogens is 3. The Morgan fingerprint density at radius 2 is 2.00 bits per heavy atom. The van der Waals surface area contributed by atoms with Gasteiger partial charge in [0.1, 0.15) is 5.82 Å². The second-order valence-corrected chi connectivity index (χ2v) is 7.11. The summed E-state index contributed by atoms with van der Waals surface area (Å²) in [6.45, 7) is 1.62. The molecular formula is C18H18BrN5O. The van der Waals surface area contributed by atoms with Crippen molar-refractivity contribution in [1.82, 2.24) is 15.0 Å². The molecule has 4 rings (SSSR count). The summed E-state index contributed by atoms with van der Waals surface area (Å²) < 4.78 is 0.893. The van der Waals surface area contributed by atoms with Crippen LogP contribution in [0.2, 0.25) is 0 Å². The molecule has 0 bridgehead atoms. The van der Waals surface area contributed by atoms with Crippen LogP contribution in [-0.4, -0.2) is 33.9 Å². The number of pyridine rings is 1. The Morgan fingerprint density at radius 3 is 2.72 bits per heavy atom. The number of aromatic amines is 1. The van der Waals surface area contributed by atoms with E-state index in [-0.39, 0.29) is 11.8 Å². The molecule has 6 nitrogen and oxygen atoms in total. The van der Waals surface area contributed by atoms with Crippen molar-refractivity contribution in [2.45, 2.75) is 12.8 Å². The van der Waals surface area contributed by atoms with Crippen LogP contribution in [0.3, 0.4) is 0 Å². The normalized spacial score (nSPS) is 15.5. The van der Waals surface area contributed by atoms with E-state index >= 15 is 0 Å². The van der Waals surface area contributed by atoms with Crippen LogP contribution < -0.4 is 10.2 Å². The number of fused-ring (bicyclic) bond motifs is 1. The Labute approximate surface area is 153 Å². The Balaban J connectivity index is 1.37. The minimum absolute atomic E-state index is 0.00563. The molecule has 0 spiro atoms. The molecule has 2 N–H and O–H groups in total. The lowest BCUT2D eigenvalue weighted by Gasteiger charge is -2.30. The van der Waals surface area contributed by atoms with Gasteiger partial charge >= 0.3 is 0 Å². The van der Waals surface area contributed by atoms with E-state index in [9.17, 15) is 4.79 Å². The van der Waals surface area contributed by atoms with Gasteiger partial charge in [0.15, 0.2) is 0 Å². The zero-order valence-electron chi connectivity index (χ0n) is 13.6. The molecule has 25 heavy (non-hydrogen) atoms. The molecule has 0 radical (unpaired) electrons. The molecule has 0 saturated carbocycles. The summed E-state index contributed by atoms with van der Waals surface area (Å²) in [5, 5.41) is 2.90. The van der Waals surface area contributed by atoms with Crippen molar-refractivity contribution in [2.75, 3.05) is 23.3 Å². The standard InChI is InChI=1S/C18H18BrN5O/c19-13-5-6-16(20-11-13)23-17(25)12-7-9-24(10-8-12)18-21-14-3-1-2-4-15(14)22-18/h1-6,11-12H,7-10H2,(H,21,22)(H,20,23,25). The van der Waals surface area contributed by atoms with Gasteiger partial charge in [-0.2, -0.15) is 0 Å². The summed E-state index contributed by atoms with van der Waals surface area (Å²) >= 11 is 3.34. The molecule has 1 aliphatic heterocycles. The third-order valence-electron chi connectivity index (χ3n) is 4.52. The fourth-order valence-corrected chi connectivity index (χ4v) is 3.36. The quantitative estimate of drug-likeness (QED) is 0.705. The van der Waals surface area contributed by atoms with Gasteiger partial charge in [0.25, 0.3) is 0 Å². The number of imidazole rings is 1. The first-order valence-corrected chi connectivity index (χ1v) is 9.10. The SMILES string of the molecule is O=C(Nc1ccc(Br)cn1)C1CCN(c2nc3ccccc3[nH]2)CC1. The van der Waals surface area contributed by atoms with Crippen LogP contribution in [0.15, 0.2) is 47.1 Å². The first-order chi connectivity index (χ1) is 12.2. The minimum atomic E-state index is 0.00563. The topological polar surface area (TPSA) is 73.9 Å². The van der Waals surface area contributed by atoms with Crippen molar-refractivity contribution in [3.8, 4) is 0 Å². The summed E-state index contributed by atoms with van der Waals surface area (Å²) in [5.41, 5.74) is 2.01. The Kier molecular flexibility index (Phi) is 4.40. The number of H-pyrrole nitrogens is 1. The maximum Gasteiger partial charge on any atom is 0.228 e. The van der Waals surface area contributed by atoms with E-state index in [0.717, 1.165) is 47.4 Å². The summed E-state index contributed by atoms with van der Waals surface area (Å²) in [6.07, 6.45) is 3.29. The molecule has 0 atom stereocenters. The van der Waals surface area contributed by atoms with Crippen molar-refractivity contribution in [3.05, 3.63) is 47.1 Å². The Hall–Kier alpha value is -2.41. The number of carbonyl (C=O) groups is 1. The molecule has 1 saturated heterocycles. The van der Waals surface area contributed by atoms with Crippen LogP contribution in [-0.2, 0) is 4.79 Å². The lowest BCUT2D eigenvalue weighted by molar-refractivity contribution is -0.120. The number of amides is 1. The molecule has 3 aromatic rings. The van der Waals surface area contributed by atoms with Crippen molar-refractivity contribution in [3.63, 3.8) is 0 Å². The summed E-state index contributed by atoms with van der Waals surface area (Å²) in [4.78, 5) is 26.8. The fourth-order valence-electron chi connectivity index (χ4n) is 3.12. The first kappa shape index (κ1) is 16.1. The van der Waals surface area contributed by atoms with Gasteiger partial charge in [-0.15, -0.1) is 0 Å². The van der Waals surface area contributed by atoms with Crippen molar-refractivity contribution < 1.29 is 4.79 Å². The molecule has 128 valence electrons. The highest BCUT2D eigenvalue weighted by atomic mass is 79.9. The van der Waals surface area contributed by atoms with Gasteiger partial charge in [-0.05, 0) is 53.0 Å². The smallest absolute Gasteiger partial charge is 0.228 e. The Bertz CT molecular complexity index is 851. The Morgan fingerprint density at radius 1 is 1.20 bits per heavy atom. The number of nitrogens with zero attached hydrogens (tertiary/aromatic N) is 3. The molecule has 1 aromatic carbocycles. The number of para-hydroxylation sites is 2. The van der Waals surface area contributed by atoms with Crippen molar-refractivity contribution >= 4 is 44.6 Å². The average molecular weight is 400 g/mol. The number of hydrogen-bond acceptors (Lipinski definition) is 4. The van der Waals surface area contributed by atoms with Gasteiger partial charge in [-0.25, -0.2) is 9.97 Å². The monoisotopic (exact) mass is 399 g/mol. The number of benzene rings is 1. The average Bonchev–Trinajstić information content (AvgIpc) is 3.08. The van der Waals surface area contributed by atoms with E-state index in [4.69, 9.17) is 0 Å². The molecule has 0 unspecified atom stereocenters. The minimum Gasteiger partial charge on any atom is -0.342 e. The summed E-state index contributed by atoms with van der Waals surface area (Å²) in [5.74, 6) is 1.52. The molecule has 1 fully saturated rings. The van der Waals surface area contributed by atoms with Crippen LogP contribution >= 0.6 is 15.9 Å². The number of carbonyl (C=O) groups excluding carboxylic acids is 1. The van der Waals surface area contributed by atoms with E-state index in [2.05, 4.69) is 41.1 Å². The lowest BCUT2D eigenvalue weighted by atomic mass is 9.96. The van der Waals surface area contributed by atoms with E-state index in [0.29, 0.717) is 5.82 Å². The summed E-state index contributed by atoms with van der Waals surface area (Å²) in [7, 11) is 0. The van der Waals surface area contributed by atoms with Gasteiger partial charge in [0.2, 0.25) is 11.9 Å². The van der Waals surface area contributed by atoms with E-state index in [1.807, 2.05) is 30.3 Å². The number of piperidine rings is 1. The van der Waals surface area contributed by atoms with Gasteiger partial charge < -0.3 is 15.2 Å². The molecule has 3 heterocycles. The van der Waals surface area contributed by atoms with Crippen LogP contribution in [0.4, 0.5) is 11.8 Å². The zero-order valence-corrected chi connectivity index (χ0v) is 15.2. The van der Waals surface area contributed by atoms with Crippen molar-refractivity contribution in [1.29, 1.82) is 0 Å². The lowest BCUT2D eigenvalue weighted by Crippen LogP contribution is -2.38. The molecular weight excluding hydrogens is 382 g/mol. The zero-order chi connectivity index (χ0) is 17.2. The number of rotatable bonds is 3. The van der Waals surface area contributed by atoms with Gasteiger partial charge in [-0.3, -0.25) is 4.79 Å². The highest BCUT2D eigenvalue weighted by molar-refractivity contribution is 9.10. The second-order valence-electron chi connectivity index (χ2n) is 6.19. The van der Waals surface area contributed by atoms with Crippen LogP contribution in [0, 0.1) is 5.92 Å². The molecule has 1 amide bonds. The highest BCUT2D eigenvalue weighted by Crippen LogP contribution is 2.24. The third-order valence-corrected chi connectivity index (χ3v) is 4.99. The second kappa shape index (κ2) is 6.84. The van der Waals surface area contributed by atoms with E-state index < -0.39 is 0 Å². The van der Waals surface area contributed by atoms with E-state index in [1.165, 1.54) is 0 Å². The first-order valence-electron chi connectivity index (χ1n) is 8.31. The fraction of sp³-hybridized carbons (Fsp3) is 0.278. The maximum absolute atomic E-state index is 12.4. The molecule has 7 heteroatoms. The van der Waals surface area contributed by atoms with Gasteiger partial charge in [-0.1, -0.05) is 12.1 Å². The van der Waals surface area contributed by atoms with Crippen LogP contribution in [0.5, 0.6) is 0 Å². The predicted octanol–water partition coefficient (Wildman–Crippen LogP) is 3.58. The molecule has 2 aromatic heterocycles. The predicted molar refractivity (Wildman–Crippen MR) is 102 cm³/mol. The number of halogens is 1. The van der Waals surface area contributed by atoms with Crippen LogP contribution in [0.25, 0.3) is 11.0 Å². The highest BCUT2D eigenvalue weighted by Gasteiger charge is 2.26. The van der Waals surface area contributed by atoms with Crippen LogP contribution in [0.1, 0.15) is 12.8 Å². The van der Waals surface area contributed by atoms with Crippen molar-refractivity contribution in [2.24, 2.45) is 5.92 Å².